The lowest BCUT2D eigenvalue weighted by Gasteiger charge is -2.09. The van der Waals surface area contributed by atoms with Crippen LogP contribution in [0.15, 0.2) is 30.4 Å². The molecule has 0 heterocycles. The van der Waals surface area contributed by atoms with Crippen molar-refractivity contribution in [3.63, 3.8) is 0 Å². The van der Waals surface area contributed by atoms with Crippen molar-refractivity contribution in [3.8, 4) is 11.5 Å². The van der Waals surface area contributed by atoms with Gasteiger partial charge in [-0.1, -0.05) is 12.2 Å². The van der Waals surface area contributed by atoms with Crippen molar-refractivity contribution < 1.29 is 14.3 Å². The number of ether oxygens (including phenoxy) is 2. The van der Waals surface area contributed by atoms with Crippen molar-refractivity contribution in [2.45, 2.75) is 13.3 Å². The van der Waals surface area contributed by atoms with Crippen LogP contribution in [0.5, 0.6) is 11.5 Å². The van der Waals surface area contributed by atoms with Gasteiger partial charge in [0.2, 0.25) is 0 Å². The van der Waals surface area contributed by atoms with E-state index in [-0.39, 0.29) is 5.91 Å². The molecule has 1 aromatic rings. The standard InChI is InChI=1S/C14H19NO3/c1-4-5-6-9-15-14(16)11-7-8-12(17-2)13(10-11)18-3/h4-5,7-8,10H,6,9H2,1-3H3,(H,15,16)/b5-4+. The predicted octanol–water partition coefficient (Wildman–Crippen LogP) is 2.40. The third-order valence-corrected chi connectivity index (χ3v) is 2.48. The average molecular weight is 249 g/mol. The van der Waals surface area contributed by atoms with Crippen LogP contribution >= 0.6 is 0 Å². The molecule has 0 bridgehead atoms. The summed E-state index contributed by atoms with van der Waals surface area (Å²) in [6.07, 6.45) is 4.80. The van der Waals surface area contributed by atoms with Crippen LogP contribution in [0.2, 0.25) is 0 Å². The molecule has 0 unspecified atom stereocenters. The second kappa shape index (κ2) is 7.37. The van der Waals surface area contributed by atoms with Gasteiger partial charge in [0.1, 0.15) is 0 Å². The highest BCUT2D eigenvalue weighted by Crippen LogP contribution is 2.27. The molecule has 0 aliphatic heterocycles. The zero-order valence-electron chi connectivity index (χ0n) is 11.0. The summed E-state index contributed by atoms with van der Waals surface area (Å²) in [7, 11) is 3.11. The summed E-state index contributed by atoms with van der Waals surface area (Å²) in [5, 5.41) is 2.84. The number of carbonyl (C=O) groups excluding carboxylic acids is 1. The lowest BCUT2D eigenvalue weighted by Crippen LogP contribution is -2.24. The number of nitrogens with one attached hydrogen (secondary N) is 1. The normalized spacial score (nSPS) is 10.4. The lowest BCUT2D eigenvalue weighted by molar-refractivity contribution is 0.0954. The van der Waals surface area contributed by atoms with Crippen molar-refractivity contribution in [2.24, 2.45) is 0 Å². The van der Waals surface area contributed by atoms with E-state index in [4.69, 9.17) is 9.47 Å². The zero-order valence-corrected chi connectivity index (χ0v) is 11.0. The minimum absolute atomic E-state index is 0.111. The maximum absolute atomic E-state index is 11.8. The Labute approximate surface area is 108 Å². The second-order valence-corrected chi connectivity index (χ2v) is 3.68. The van der Waals surface area contributed by atoms with E-state index in [1.165, 1.54) is 0 Å². The van der Waals surface area contributed by atoms with Gasteiger partial charge in [-0.15, -0.1) is 0 Å². The van der Waals surface area contributed by atoms with Crippen LogP contribution in [0.25, 0.3) is 0 Å². The number of hydrogen-bond donors (Lipinski definition) is 1. The number of methoxy groups -OCH3 is 2. The number of benzene rings is 1. The average Bonchev–Trinajstić information content (AvgIpc) is 2.42. The Morgan fingerprint density at radius 2 is 2.00 bits per heavy atom. The molecule has 0 aromatic heterocycles. The number of carbonyl (C=O) groups is 1. The Kier molecular flexibility index (Phi) is 5.77. The summed E-state index contributed by atoms with van der Waals surface area (Å²) in [5.41, 5.74) is 0.563. The molecule has 1 aromatic carbocycles. The molecule has 18 heavy (non-hydrogen) atoms. The molecule has 0 aliphatic carbocycles. The molecule has 1 N–H and O–H groups in total. The van der Waals surface area contributed by atoms with Crippen molar-refractivity contribution in [1.29, 1.82) is 0 Å². The van der Waals surface area contributed by atoms with E-state index in [0.29, 0.717) is 23.6 Å². The molecule has 1 rings (SSSR count). The molecule has 0 saturated heterocycles. The van der Waals surface area contributed by atoms with Gasteiger partial charge in [-0.2, -0.15) is 0 Å². The Morgan fingerprint density at radius 3 is 2.61 bits per heavy atom. The van der Waals surface area contributed by atoms with Crippen molar-refractivity contribution in [2.75, 3.05) is 20.8 Å². The number of rotatable bonds is 6. The highest BCUT2D eigenvalue weighted by atomic mass is 16.5. The smallest absolute Gasteiger partial charge is 0.251 e. The summed E-state index contributed by atoms with van der Waals surface area (Å²) in [4.78, 5) is 11.8. The van der Waals surface area contributed by atoms with Crippen molar-refractivity contribution in [3.05, 3.63) is 35.9 Å². The minimum Gasteiger partial charge on any atom is -0.493 e. The molecule has 4 nitrogen and oxygen atoms in total. The predicted molar refractivity (Wildman–Crippen MR) is 71.3 cm³/mol. The van der Waals surface area contributed by atoms with Gasteiger partial charge < -0.3 is 14.8 Å². The molecule has 98 valence electrons. The first-order chi connectivity index (χ1) is 8.72. The van der Waals surface area contributed by atoms with Gasteiger partial charge in [0, 0.05) is 12.1 Å². The van der Waals surface area contributed by atoms with Crippen molar-refractivity contribution in [1.82, 2.24) is 5.32 Å². The molecular weight excluding hydrogens is 230 g/mol. The number of hydrogen-bond acceptors (Lipinski definition) is 3. The van der Waals surface area contributed by atoms with Crippen molar-refractivity contribution >= 4 is 5.91 Å². The van der Waals surface area contributed by atoms with Gasteiger partial charge in [-0.05, 0) is 31.5 Å². The van der Waals surface area contributed by atoms with Crippen LogP contribution in [0.4, 0.5) is 0 Å². The largest absolute Gasteiger partial charge is 0.493 e. The van der Waals surface area contributed by atoms with Crippen LogP contribution in [0.3, 0.4) is 0 Å². The SMILES string of the molecule is C/C=C/CCNC(=O)c1ccc(OC)c(OC)c1. The van der Waals surface area contributed by atoms with Crippen LogP contribution in [-0.2, 0) is 0 Å². The molecule has 1 amide bonds. The molecule has 0 aliphatic rings. The zero-order chi connectivity index (χ0) is 13.4. The Balaban J connectivity index is 2.68. The summed E-state index contributed by atoms with van der Waals surface area (Å²) >= 11 is 0. The third-order valence-electron chi connectivity index (χ3n) is 2.48. The van der Waals surface area contributed by atoms with Crippen LogP contribution in [-0.4, -0.2) is 26.7 Å². The quantitative estimate of drug-likeness (QED) is 0.622. The fraction of sp³-hybridized carbons (Fsp3) is 0.357. The maximum atomic E-state index is 11.8. The molecule has 4 heteroatoms. The Morgan fingerprint density at radius 1 is 1.28 bits per heavy atom. The number of allylic oxidation sites excluding steroid dienone is 1. The van der Waals surface area contributed by atoms with E-state index in [0.717, 1.165) is 6.42 Å². The summed E-state index contributed by atoms with van der Waals surface area (Å²) in [5.74, 6) is 1.06. The molecular formula is C14H19NO3. The van der Waals surface area contributed by atoms with E-state index in [2.05, 4.69) is 5.32 Å². The van der Waals surface area contributed by atoms with Gasteiger partial charge in [0.15, 0.2) is 11.5 Å². The maximum Gasteiger partial charge on any atom is 0.251 e. The minimum atomic E-state index is -0.111. The number of amides is 1. The monoisotopic (exact) mass is 249 g/mol. The molecule has 0 atom stereocenters. The van der Waals surface area contributed by atoms with E-state index < -0.39 is 0 Å². The van der Waals surface area contributed by atoms with Gasteiger partial charge in [0.25, 0.3) is 5.91 Å². The molecule has 0 spiro atoms. The topological polar surface area (TPSA) is 47.6 Å². The van der Waals surface area contributed by atoms with E-state index in [1.54, 1.807) is 32.4 Å². The van der Waals surface area contributed by atoms with E-state index in [9.17, 15) is 4.79 Å². The molecule has 0 radical (unpaired) electrons. The first-order valence-corrected chi connectivity index (χ1v) is 5.84. The van der Waals surface area contributed by atoms with Crippen LogP contribution in [0, 0.1) is 0 Å². The molecule has 0 saturated carbocycles. The second-order valence-electron chi connectivity index (χ2n) is 3.68. The van der Waals surface area contributed by atoms with Crippen LogP contribution in [0.1, 0.15) is 23.7 Å². The van der Waals surface area contributed by atoms with Gasteiger partial charge in [-0.3, -0.25) is 4.79 Å². The highest BCUT2D eigenvalue weighted by Gasteiger charge is 2.09. The first-order valence-electron chi connectivity index (χ1n) is 5.84. The van der Waals surface area contributed by atoms with Gasteiger partial charge in [0.05, 0.1) is 14.2 Å². The van der Waals surface area contributed by atoms with Crippen LogP contribution < -0.4 is 14.8 Å². The molecule has 0 fully saturated rings. The Bertz CT molecular complexity index is 427. The summed E-state index contributed by atoms with van der Waals surface area (Å²) < 4.78 is 10.3. The van der Waals surface area contributed by atoms with Gasteiger partial charge >= 0.3 is 0 Å². The lowest BCUT2D eigenvalue weighted by atomic mass is 10.2. The highest BCUT2D eigenvalue weighted by molar-refractivity contribution is 5.94. The fourth-order valence-electron chi connectivity index (χ4n) is 1.52. The first kappa shape index (κ1) is 14.1. The third kappa shape index (κ3) is 3.80. The van der Waals surface area contributed by atoms with E-state index >= 15 is 0 Å². The summed E-state index contributed by atoms with van der Waals surface area (Å²) in [6, 6.07) is 5.11. The van der Waals surface area contributed by atoms with Gasteiger partial charge in [-0.25, -0.2) is 0 Å². The van der Waals surface area contributed by atoms with E-state index in [1.807, 2.05) is 19.1 Å². The summed E-state index contributed by atoms with van der Waals surface area (Å²) in [6.45, 7) is 2.58. The Hall–Kier alpha value is -1.97. The fourth-order valence-corrected chi connectivity index (χ4v) is 1.52.